The van der Waals surface area contributed by atoms with E-state index in [1.165, 1.54) is 24.3 Å². The summed E-state index contributed by atoms with van der Waals surface area (Å²) < 4.78 is 13.6. The normalized spacial score (nSPS) is 10.7. The molecule has 5 heteroatoms. The summed E-state index contributed by atoms with van der Waals surface area (Å²) in [6.45, 7) is 0. The van der Waals surface area contributed by atoms with Gasteiger partial charge in [0.25, 0.3) is 0 Å². The molecule has 2 aromatic rings. The Morgan fingerprint density at radius 3 is 2.11 bits per heavy atom. The lowest BCUT2D eigenvalue weighted by molar-refractivity contribution is 0.467. The largest absolute Gasteiger partial charge is 0.508 e. The maximum atomic E-state index is 13.6. The minimum atomic E-state index is -0.467. The molecule has 0 spiro atoms. The molecule has 2 rings (SSSR count). The smallest absolute Gasteiger partial charge is 0.130 e. The van der Waals surface area contributed by atoms with Gasteiger partial charge in [0, 0.05) is 16.1 Å². The summed E-state index contributed by atoms with van der Waals surface area (Å²) in [6, 6.07) is 6.81. The summed E-state index contributed by atoms with van der Waals surface area (Å²) in [5.74, 6) is -0.581. The van der Waals surface area contributed by atoms with Crippen LogP contribution in [-0.2, 0) is 12.8 Å². The lowest BCUT2D eigenvalue weighted by Gasteiger charge is -2.08. The number of phenolic OH excluding ortho intramolecular Hbond substituents is 2. The van der Waals surface area contributed by atoms with Crippen LogP contribution in [0.4, 0.5) is 4.39 Å². The molecule has 0 unspecified atom stereocenters. The maximum absolute atomic E-state index is 13.6. The van der Waals surface area contributed by atoms with E-state index in [2.05, 4.69) is 0 Å². The van der Waals surface area contributed by atoms with Gasteiger partial charge in [0.1, 0.15) is 17.3 Å². The first-order valence-corrected chi connectivity index (χ1v) is 6.37. The predicted molar refractivity (Wildman–Crippen MR) is 73.6 cm³/mol. The van der Waals surface area contributed by atoms with Crippen LogP contribution in [0.1, 0.15) is 11.1 Å². The molecule has 0 saturated carbocycles. The van der Waals surface area contributed by atoms with E-state index in [4.69, 9.17) is 28.3 Å². The van der Waals surface area contributed by atoms with Gasteiger partial charge in [-0.05, 0) is 42.2 Å². The lowest BCUT2D eigenvalue weighted by Crippen LogP contribution is -1.96. The third-order valence-corrected chi connectivity index (χ3v) is 3.48. The van der Waals surface area contributed by atoms with Crippen molar-refractivity contribution in [2.75, 3.05) is 0 Å². The van der Waals surface area contributed by atoms with Gasteiger partial charge in [-0.25, -0.2) is 4.39 Å². The molecule has 0 saturated heterocycles. The molecule has 0 amide bonds. The Hall–Kier alpha value is -1.45. The van der Waals surface area contributed by atoms with Gasteiger partial charge in [-0.15, -0.1) is 0 Å². The zero-order valence-electron chi connectivity index (χ0n) is 9.83. The highest BCUT2D eigenvalue weighted by molar-refractivity contribution is 6.36. The molecule has 0 heterocycles. The molecule has 0 fully saturated rings. The Morgan fingerprint density at radius 2 is 1.53 bits per heavy atom. The summed E-state index contributed by atoms with van der Waals surface area (Å²) in [7, 11) is 0. The molecule has 2 N–H and O–H groups in total. The van der Waals surface area contributed by atoms with E-state index in [0.29, 0.717) is 34.0 Å². The minimum absolute atomic E-state index is 0.00503. The van der Waals surface area contributed by atoms with Gasteiger partial charge < -0.3 is 10.2 Å². The standard InChI is InChI=1S/C14H11Cl2FO2/c15-12-5-10(19)6-13(16)11(12)4-2-8-1-3-9(18)7-14(8)17/h1,3,5-7,18-19H,2,4H2. The van der Waals surface area contributed by atoms with E-state index in [0.717, 1.165) is 6.07 Å². The van der Waals surface area contributed by atoms with Crippen LogP contribution in [-0.4, -0.2) is 10.2 Å². The van der Waals surface area contributed by atoms with Gasteiger partial charge in [-0.1, -0.05) is 29.3 Å². The van der Waals surface area contributed by atoms with Crippen LogP contribution in [0.5, 0.6) is 11.5 Å². The molecule has 19 heavy (non-hydrogen) atoms. The Morgan fingerprint density at radius 1 is 0.895 bits per heavy atom. The van der Waals surface area contributed by atoms with Gasteiger partial charge in [-0.2, -0.15) is 0 Å². The number of hydrogen-bond donors (Lipinski definition) is 2. The van der Waals surface area contributed by atoms with E-state index in [-0.39, 0.29) is 11.5 Å². The number of aromatic hydroxyl groups is 2. The molecule has 100 valence electrons. The average molecular weight is 301 g/mol. The second kappa shape index (κ2) is 5.68. The van der Waals surface area contributed by atoms with Crippen molar-refractivity contribution >= 4 is 23.2 Å². The van der Waals surface area contributed by atoms with Gasteiger partial charge in [0.05, 0.1) is 0 Å². The third kappa shape index (κ3) is 3.31. The Bertz CT molecular complexity index is 591. The number of hydrogen-bond acceptors (Lipinski definition) is 2. The van der Waals surface area contributed by atoms with E-state index in [1.54, 1.807) is 0 Å². The molecule has 2 nitrogen and oxygen atoms in total. The van der Waals surface area contributed by atoms with Crippen LogP contribution in [0.15, 0.2) is 30.3 Å². The topological polar surface area (TPSA) is 40.5 Å². The second-order valence-electron chi connectivity index (χ2n) is 4.16. The van der Waals surface area contributed by atoms with Crippen molar-refractivity contribution in [3.05, 3.63) is 57.3 Å². The zero-order chi connectivity index (χ0) is 14.0. The molecule has 0 aliphatic heterocycles. The number of aryl methyl sites for hydroxylation is 1. The van der Waals surface area contributed by atoms with E-state index in [1.807, 2.05) is 0 Å². The molecule has 0 aliphatic carbocycles. The van der Waals surface area contributed by atoms with Crippen molar-refractivity contribution in [3.63, 3.8) is 0 Å². The average Bonchev–Trinajstić information content (AvgIpc) is 2.30. The van der Waals surface area contributed by atoms with Crippen LogP contribution in [0.3, 0.4) is 0 Å². The van der Waals surface area contributed by atoms with Crippen LogP contribution in [0, 0.1) is 5.82 Å². The number of halogens is 3. The summed E-state index contributed by atoms with van der Waals surface area (Å²) in [5, 5.41) is 19.2. The number of phenols is 2. The highest BCUT2D eigenvalue weighted by Gasteiger charge is 2.10. The highest BCUT2D eigenvalue weighted by Crippen LogP contribution is 2.31. The van der Waals surface area contributed by atoms with Crippen molar-refractivity contribution in [2.45, 2.75) is 12.8 Å². The molecule has 0 bridgehead atoms. The summed E-state index contributed by atoms with van der Waals surface area (Å²) in [4.78, 5) is 0. The van der Waals surface area contributed by atoms with Gasteiger partial charge in [0.2, 0.25) is 0 Å². The quantitative estimate of drug-likeness (QED) is 0.886. The number of benzene rings is 2. The molecule has 0 aliphatic rings. The van der Waals surface area contributed by atoms with Crippen molar-refractivity contribution in [2.24, 2.45) is 0 Å². The van der Waals surface area contributed by atoms with E-state index >= 15 is 0 Å². The fourth-order valence-corrected chi connectivity index (χ4v) is 2.49. The van der Waals surface area contributed by atoms with Gasteiger partial charge in [0.15, 0.2) is 0 Å². The lowest BCUT2D eigenvalue weighted by atomic mass is 10.0. The fraction of sp³-hybridized carbons (Fsp3) is 0.143. The highest BCUT2D eigenvalue weighted by atomic mass is 35.5. The number of rotatable bonds is 3. The molecule has 0 aromatic heterocycles. The Labute approximate surface area is 120 Å². The first-order chi connectivity index (χ1) is 8.97. The van der Waals surface area contributed by atoms with Gasteiger partial charge in [-0.3, -0.25) is 0 Å². The van der Waals surface area contributed by atoms with Crippen LogP contribution in [0.25, 0.3) is 0 Å². The Kier molecular flexibility index (Phi) is 4.17. The second-order valence-corrected chi connectivity index (χ2v) is 4.98. The first-order valence-electron chi connectivity index (χ1n) is 5.61. The first kappa shape index (κ1) is 14.0. The predicted octanol–water partition coefficient (Wildman–Crippen LogP) is 4.33. The van der Waals surface area contributed by atoms with E-state index in [9.17, 15) is 9.50 Å². The summed E-state index contributed by atoms with van der Waals surface area (Å²) >= 11 is 12.0. The van der Waals surface area contributed by atoms with Crippen LogP contribution in [0.2, 0.25) is 10.0 Å². The molecule has 0 atom stereocenters. The third-order valence-electron chi connectivity index (χ3n) is 2.81. The Balaban J connectivity index is 2.19. The molecule has 0 radical (unpaired) electrons. The van der Waals surface area contributed by atoms with Gasteiger partial charge >= 0.3 is 0 Å². The summed E-state index contributed by atoms with van der Waals surface area (Å²) in [5.41, 5.74) is 1.13. The molecule has 2 aromatic carbocycles. The zero-order valence-corrected chi connectivity index (χ0v) is 11.3. The van der Waals surface area contributed by atoms with Crippen molar-refractivity contribution < 1.29 is 14.6 Å². The summed E-state index contributed by atoms with van der Waals surface area (Å²) in [6.07, 6.45) is 0.843. The van der Waals surface area contributed by atoms with E-state index < -0.39 is 5.82 Å². The monoisotopic (exact) mass is 300 g/mol. The van der Waals surface area contributed by atoms with Crippen molar-refractivity contribution in [3.8, 4) is 11.5 Å². The molecular weight excluding hydrogens is 290 g/mol. The van der Waals surface area contributed by atoms with Crippen LogP contribution >= 0.6 is 23.2 Å². The van der Waals surface area contributed by atoms with Crippen molar-refractivity contribution in [1.29, 1.82) is 0 Å². The minimum Gasteiger partial charge on any atom is -0.508 e. The SMILES string of the molecule is Oc1ccc(CCc2c(Cl)cc(O)cc2Cl)c(F)c1. The van der Waals surface area contributed by atoms with Crippen LogP contribution < -0.4 is 0 Å². The molecular formula is C14H11Cl2FO2. The fourth-order valence-electron chi connectivity index (χ4n) is 1.83. The maximum Gasteiger partial charge on any atom is 0.130 e. The van der Waals surface area contributed by atoms with Crippen molar-refractivity contribution in [1.82, 2.24) is 0 Å².